The molecule has 20 heavy (non-hydrogen) atoms. The van der Waals surface area contributed by atoms with E-state index in [0.717, 1.165) is 12.7 Å². The van der Waals surface area contributed by atoms with E-state index in [1.165, 1.54) is 0 Å². The van der Waals surface area contributed by atoms with Gasteiger partial charge in [-0.3, -0.25) is 4.79 Å². The zero-order valence-electron chi connectivity index (χ0n) is 12.0. The van der Waals surface area contributed by atoms with Gasteiger partial charge < -0.3 is 10.4 Å². The number of carbonyl (C=O) groups is 2. The number of rotatable bonds is 7. The summed E-state index contributed by atoms with van der Waals surface area (Å²) in [6, 6.07) is -1.01. The van der Waals surface area contributed by atoms with Crippen LogP contribution in [0.3, 0.4) is 0 Å². The summed E-state index contributed by atoms with van der Waals surface area (Å²) in [6.07, 6.45) is 4.76. The molecule has 0 spiro atoms. The number of amides is 1. The van der Waals surface area contributed by atoms with Gasteiger partial charge in [0.2, 0.25) is 5.91 Å². The molecule has 0 bridgehead atoms. The Balaban J connectivity index is 2.88. The number of hydrogen-bond acceptors (Lipinski definition) is 4. The normalized spacial score (nSPS) is 19.5. The molecule has 0 aromatic heterocycles. The van der Waals surface area contributed by atoms with Crippen molar-refractivity contribution in [3.63, 3.8) is 0 Å². The lowest BCUT2D eigenvalue weighted by molar-refractivity contribution is -0.142. The predicted octanol–water partition coefficient (Wildman–Crippen LogP) is 1.10. The van der Waals surface area contributed by atoms with E-state index in [0.29, 0.717) is 25.7 Å². The topological polar surface area (TPSA) is 101 Å². The van der Waals surface area contributed by atoms with Gasteiger partial charge in [0.05, 0.1) is 0 Å². The highest BCUT2D eigenvalue weighted by atomic mass is 32.2. The number of sulfone groups is 1. The fourth-order valence-corrected chi connectivity index (χ4v) is 4.09. The summed E-state index contributed by atoms with van der Waals surface area (Å²) in [5.74, 6) is -1.77. The molecule has 0 aliphatic heterocycles. The molecule has 1 saturated carbocycles. The average molecular weight is 305 g/mol. The van der Waals surface area contributed by atoms with Gasteiger partial charge in [-0.05, 0) is 19.3 Å². The van der Waals surface area contributed by atoms with Crippen LogP contribution in [0, 0.1) is 0 Å². The molecule has 1 aliphatic rings. The quantitative estimate of drug-likeness (QED) is 0.733. The molecule has 1 aliphatic carbocycles. The Hall–Kier alpha value is -1.11. The van der Waals surface area contributed by atoms with E-state index in [9.17, 15) is 18.0 Å². The first kappa shape index (κ1) is 16.9. The molecule has 1 amide bonds. The highest BCUT2D eigenvalue weighted by Gasteiger charge is 2.50. The van der Waals surface area contributed by atoms with Crippen molar-refractivity contribution in [1.82, 2.24) is 5.32 Å². The van der Waals surface area contributed by atoms with Gasteiger partial charge >= 0.3 is 5.97 Å². The largest absolute Gasteiger partial charge is 0.480 e. The van der Waals surface area contributed by atoms with Gasteiger partial charge in [0, 0.05) is 6.26 Å². The van der Waals surface area contributed by atoms with Gasteiger partial charge in [-0.2, -0.15) is 0 Å². The van der Waals surface area contributed by atoms with Crippen molar-refractivity contribution in [2.45, 2.75) is 62.7 Å². The molecule has 0 aromatic rings. The number of hydrogen-bond donors (Lipinski definition) is 2. The van der Waals surface area contributed by atoms with E-state index in [-0.39, 0.29) is 12.8 Å². The second-order valence-electron chi connectivity index (χ2n) is 5.48. The van der Waals surface area contributed by atoms with E-state index < -0.39 is 32.5 Å². The third-order valence-electron chi connectivity index (χ3n) is 3.98. The minimum absolute atomic E-state index is 0.276. The van der Waals surface area contributed by atoms with Crippen LogP contribution in [0.1, 0.15) is 51.9 Å². The SMILES string of the molecule is CCCC[C@H](NC(=O)C1(S(C)(=O)=O)CCCC1)C(=O)O. The third-order valence-corrected chi connectivity index (χ3v) is 6.00. The molecular formula is C13H23NO5S. The lowest BCUT2D eigenvalue weighted by Crippen LogP contribution is -2.54. The van der Waals surface area contributed by atoms with Crippen LogP contribution in [0.2, 0.25) is 0 Å². The number of carboxylic acid groups (broad SMARTS) is 1. The van der Waals surface area contributed by atoms with E-state index in [2.05, 4.69) is 5.32 Å². The number of aliphatic carboxylic acids is 1. The first-order chi connectivity index (χ1) is 9.24. The zero-order valence-corrected chi connectivity index (χ0v) is 12.8. The minimum Gasteiger partial charge on any atom is -0.480 e. The third kappa shape index (κ3) is 3.50. The molecular weight excluding hydrogens is 282 g/mol. The Labute approximate surface area is 119 Å². The minimum atomic E-state index is -3.56. The first-order valence-electron chi connectivity index (χ1n) is 6.98. The number of unbranched alkanes of at least 4 members (excludes halogenated alkanes) is 1. The summed E-state index contributed by atoms with van der Waals surface area (Å²) >= 11 is 0. The van der Waals surface area contributed by atoms with Gasteiger partial charge in [0.1, 0.15) is 10.8 Å². The fourth-order valence-electron chi connectivity index (χ4n) is 2.67. The number of carboxylic acids is 1. The highest BCUT2D eigenvalue weighted by Crippen LogP contribution is 2.36. The molecule has 0 unspecified atom stereocenters. The van der Waals surface area contributed by atoms with E-state index in [1.807, 2.05) is 6.92 Å². The number of nitrogens with one attached hydrogen (secondary N) is 1. The van der Waals surface area contributed by atoms with Crippen LogP contribution in [-0.2, 0) is 19.4 Å². The molecule has 1 atom stereocenters. The molecule has 6 nitrogen and oxygen atoms in total. The molecule has 0 radical (unpaired) electrons. The summed E-state index contributed by atoms with van der Waals surface area (Å²) in [5.41, 5.74) is 0. The molecule has 0 heterocycles. The number of carbonyl (C=O) groups excluding carboxylic acids is 1. The van der Waals surface area contributed by atoms with Crippen LogP contribution in [-0.4, -0.2) is 42.4 Å². The molecule has 0 aromatic carbocycles. The van der Waals surface area contributed by atoms with Crippen LogP contribution in [0.5, 0.6) is 0 Å². The maximum absolute atomic E-state index is 12.3. The van der Waals surface area contributed by atoms with E-state index in [1.54, 1.807) is 0 Å². The Bertz CT molecular complexity index is 465. The fraction of sp³-hybridized carbons (Fsp3) is 0.846. The summed E-state index contributed by atoms with van der Waals surface area (Å²) in [6.45, 7) is 1.93. The van der Waals surface area contributed by atoms with E-state index in [4.69, 9.17) is 5.11 Å². The van der Waals surface area contributed by atoms with Crippen molar-refractivity contribution < 1.29 is 23.1 Å². The van der Waals surface area contributed by atoms with Crippen LogP contribution >= 0.6 is 0 Å². The van der Waals surface area contributed by atoms with Crippen molar-refractivity contribution in [3.8, 4) is 0 Å². The van der Waals surface area contributed by atoms with Gasteiger partial charge in [-0.25, -0.2) is 13.2 Å². The Morgan fingerprint density at radius 3 is 2.25 bits per heavy atom. The molecule has 2 N–H and O–H groups in total. The van der Waals surface area contributed by atoms with E-state index >= 15 is 0 Å². The lowest BCUT2D eigenvalue weighted by atomic mass is 10.0. The Kier molecular flexibility index (Phi) is 5.56. The molecule has 7 heteroatoms. The summed E-state index contributed by atoms with van der Waals surface area (Å²) in [4.78, 5) is 23.5. The van der Waals surface area contributed by atoms with Gasteiger partial charge in [0.15, 0.2) is 9.84 Å². The van der Waals surface area contributed by atoms with Gasteiger partial charge in [0.25, 0.3) is 0 Å². The second kappa shape index (κ2) is 6.56. The monoisotopic (exact) mass is 305 g/mol. The predicted molar refractivity (Wildman–Crippen MR) is 75.1 cm³/mol. The zero-order chi connectivity index (χ0) is 15.4. The Morgan fingerprint density at radius 2 is 1.85 bits per heavy atom. The standard InChI is InChI=1S/C13H23NO5S/c1-3-4-7-10(11(15)16)14-12(17)13(20(2,18)19)8-5-6-9-13/h10H,3-9H2,1-2H3,(H,14,17)(H,15,16)/t10-/m0/s1. The molecule has 116 valence electrons. The van der Waals surface area contributed by atoms with Crippen molar-refractivity contribution >= 4 is 21.7 Å². The molecule has 1 rings (SSSR count). The van der Waals surface area contributed by atoms with Gasteiger partial charge in [-0.1, -0.05) is 32.6 Å². The van der Waals surface area contributed by atoms with Crippen LogP contribution in [0.15, 0.2) is 0 Å². The summed E-state index contributed by atoms with van der Waals surface area (Å²) < 4.78 is 22.5. The summed E-state index contributed by atoms with van der Waals surface area (Å²) in [5, 5.41) is 11.5. The van der Waals surface area contributed by atoms with Crippen LogP contribution in [0.4, 0.5) is 0 Å². The Morgan fingerprint density at radius 1 is 1.30 bits per heavy atom. The smallest absolute Gasteiger partial charge is 0.326 e. The second-order valence-corrected chi connectivity index (χ2v) is 7.81. The lowest BCUT2D eigenvalue weighted by Gasteiger charge is -2.27. The van der Waals surface area contributed by atoms with Gasteiger partial charge in [-0.15, -0.1) is 0 Å². The highest BCUT2D eigenvalue weighted by molar-refractivity contribution is 7.92. The molecule has 0 saturated heterocycles. The summed E-state index contributed by atoms with van der Waals surface area (Å²) in [7, 11) is -3.56. The van der Waals surface area contributed by atoms with Crippen molar-refractivity contribution in [1.29, 1.82) is 0 Å². The average Bonchev–Trinajstić information content (AvgIpc) is 2.83. The maximum Gasteiger partial charge on any atom is 0.326 e. The van der Waals surface area contributed by atoms with Crippen molar-refractivity contribution in [3.05, 3.63) is 0 Å². The van der Waals surface area contributed by atoms with Crippen molar-refractivity contribution in [2.24, 2.45) is 0 Å². The van der Waals surface area contributed by atoms with Crippen LogP contribution < -0.4 is 5.32 Å². The van der Waals surface area contributed by atoms with Crippen LogP contribution in [0.25, 0.3) is 0 Å². The first-order valence-corrected chi connectivity index (χ1v) is 8.87. The maximum atomic E-state index is 12.3. The van der Waals surface area contributed by atoms with Crippen molar-refractivity contribution in [2.75, 3.05) is 6.26 Å². The molecule has 1 fully saturated rings.